The van der Waals surface area contributed by atoms with Gasteiger partial charge in [-0.2, -0.15) is 0 Å². The fourth-order valence-corrected chi connectivity index (χ4v) is 4.36. The standard InChI is InChI=1S/C24H31NO/c1-2-3-18-4-9-20(10-5-18)22-13-12-21(23(16-22)17-25)11-6-19-7-14-24(26)15-8-19/h7-8,12-18,20,25-26H,2-6,9-11H2,1H3. The van der Waals surface area contributed by atoms with E-state index in [4.69, 9.17) is 5.41 Å². The van der Waals surface area contributed by atoms with Crippen molar-refractivity contribution in [3.63, 3.8) is 0 Å². The molecule has 0 bridgehead atoms. The zero-order chi connectivity index (χ0) is 18.4. The van der Waals surface area contributed by atoms with E-state index < -0.39 is 0 Å². The normalized spacial score (nSPS) is 20.0. The maximum Gasteiger partial charge on any atom is 0.115 e. The summed E-state index contributed by atoms with van der Waals surface area (Å²) < 4.78 is 0. The van der Waals surface area contributed by atoms with E-state index in [0.29, 0.717) is 11.7 Å². The highest BCUT2D eigenvalue weighted by Crippen LogP contribution is 2.37. The number of phenolic OH excluding ortho intramolecular Hbond substituents is 1. The molecule has 1 aliphatic rings. The molecule has 0 heterocycles. The molecule has 0 aromatic heterocycles. The van der Waals surface area contributed by atoms with Crippen LogP contribution in [0.2, 0.25) is 0 Å². The summed E-state index contributed by atoms with van der Waals surface area (Å²) in [6.07, 6.45) is 11.4. The van der Waals surface area contributed by atoms with Crippen molar-refractivity contribution in [1.82, 2.24) is 0 Å². The Morgan fingerprint density at radius 2 is 1.73 bits per heavy atom. The molecule has 2 nitrogen and oxygen atoms in total. The second-order valence-corrected chi connectivity index (χ2v) is 7.78. The van der Waals surface area contributed by atoms with Crippen LogP contribution in [0.4, 0.5) is 0 Å². The Morgan fingerprint density at radius 1 is 1.00 bits per heavy atom. The van der Waals surface area contributed by atoms with E-state index in [0.717, 1.165) is 24.3 Å². The van der Waals surface area contributed by atoms with Gasteiger partial charge in [0.15, 0.2) is 0 Å². The monoisotopic (exact) mass is 349 g/mol. The summed E-state index contributed by atoms with van der Waals surface area (Å²) in [6.45, 7) is 2.29. The second kappa shape index (κ2) is 9.02. The minimum absolute atomic E-state index is 0.312. The first kappa shape index (κ1) is 18.7. The molecule has 0 spiro atoms. The Hall–Kier alpha value is -2.09. The molecule has 26 heavy (non-hydrogen) atoms. The highest BCUT2D eigenvalue weighted by molar-refractivity contribution is 5.79. The zero-order valence-electron chi connectivity index (χ0n) is 15.9. The molecular weight excluding hydrogens is 318 g/mol. The lowest BCUT2D eigenvalue weighted by Gasteiger charge is -2.29. The zero-order valence-corrected chi connectivity index (χ0v) is 15.9. The summed E-state index contributed by atoms with van der Waals surface area (Å²) in [5, 5.41) is 17.2. The summed E-state index contributed by atoms with van der Waals surface area (Å²) in [7, 11) is 0. The number of rotatable bonds is 7. The van der Waals surface area contributed by atoms with Gasteiger partial charge in [0, 0.05) is 6.21 Å². The maximum absolute atomic E-state index is 9.39. The smallest absolute Gasteiger partial charge is 0.115 e. The fourth-order valence-electron chi connectivity index (χ4n) is 4.36. The summed E-state index contributed by atoms with van der Waals surface area (Å²) >= 11 is 0. The molecular formula is C24H31NO. The van der Waals surface area contributed by atoms with E-state index in [9.17, 15) is 5.11 Å². The minimum Gasteiger partial charge on any atom is -0.508 e. The van der Waals surface area contributed by atoms with Crippen molar-refractivity contribution in [2.75, 3.05) is 0 Å². The molecule has 2 aromatic carbocycles. The van der Waals surface area contributed by atoms with Crippen molar-refractivity contribution < 1.29 is 5.11 Å². The lowest BCUT2D eigenvalue weighted by atomic mass is 9.77. The van der Waals surface area contributed by atoms with Crippen molar-refractivity contribution >= 4 is 6.21 Å². The van der Waals surface area contributed by atoms with Gasteiger partial charge < -0.3 is 10.5 Å². The molecule has 0 atom stereocenters. The van der Waals surface area contributed by atoms with Crippen LogP contribution in [0.1, 0.15) is 73.6 Å². The number of hydrogen-bond donors (Lipinski definition) is 2. The Bertz CT molecular complexity index is 711. The SMILES string of the molecule is CCCC1CCC(c2ccc(CCc3ccc(O)cc3)c(C=N)c2)CC1. The van der Waals surface area contributed by atoms with Gasteiger partial charge in [-0.05, 0) is 90.8 Å². The number of benzene rings is 2. The van der Waals surface area contributed by atoms with Crippen LogP contribution in [0.3, 0.4) is 0 Å². The molecule has 138 valence electrons. The largest absolute Gasteiger partial charge is 0.508 e. The summed E-state index contributed by atoms with van der Waals surface area (Å²) in [5.74, 6) is 1.92. The molecule has 0 unspecified atom stereocenters. The van der Waals surface area contributed by atoms with Crippen molar-refractivity contribution in [1.29, 1.82) is 5.41 Å². The van der Waals surface area contributed by atoms with Gasteiger partial charge in [0.2, 0.25) is 0 Å². The Kier molecular flexibility index (Phi) is 6.49. The summed E-state index contributed by atoms with van der Waals surface area (Å²) in [5.41, 5.74) is 4.96. The minimum atomic E-state index is 0.312. The third kappa shape index (κ3) is 4.75. The van der Waals surface area contributed by atoms with E-state index in [1.165, 1.54) is 61.4 Å². The molecule has 2 heteroatoms. The van der Waals surface area contributed by atoms with Gasteiger partial charge in [-0.3, -0.25) is 0 Å². The molecule has 0 amide bonds. The fraction of sp³-hybridized carbons (Fsp3) is 0.458. The molecule has 2 N–H and O–H groups in total. The van der Waals surface area contributed by atoms with Crippen molar-refractivity contribution in [3.8, 4) is 5.75 Å². The lowest BCUT2D eigenvalue weighted by Crippen LogP contribution is -2.13. The van der Waals surface area contributed by atoms with Gasteiger partial charge in [-0.15, -0.1) is 0 Å². The molecule has 0 saturated heterocycles. The second-order valence-electron chi connectivity index (χ2n) is 7.78. The Balaban J connectivity index is 1.64. The molecule has 1 saturated carbocycles. The van der Waals surface area contributed by atoms with Crippen LogP contribution in [0, 0.1) is 11.3 Å². The van der Waals surface area contributed by atoms with E-state index >= 15 is 0 Å². The van der Waals surface area contributed by atoms with Gasteiger partial charge in [0.1, 0.15) is 5.75 Å². The number of phenols is 1. The third-order valence-electron chi connectivity index (χ3n) is 5.96. The molecule has 2 aromatic rings. The quantitative estimate of drug-likeness (QED) is 0.570. The van der Waals surface area contributed by atoms with Crippen molar-refractivity contribution in [2.45, 2.75) is 64.2 Å². The maximum atomic E-state index is 9.39. The number of aryl methyl sites for hydroxylation is 2. The van der Waals surface area contributed by atoms with E-state index in [1.54, 1.807) is 12.1 Å². The van der Waals surface area contributed by atoms with Gasteiger partial charge in [-0.1, -0.05) is 44.0 Å². The van der Waals surface area contributed by atoms with E-state index in [-0.39, 0.29) is 0 Å². The average molecular weight is 350 g/mol. The first-order valence-corrected chi connectivity index (χ1v) is 10.1. The molecule has 0 aliphatic heterocycles. The van der Waals surface area contributed by atoms with Gasteiger partial charge in [-0.25, -0.2) is 0 Å². The van der Waals surface area contributed by atoms with E-state index in [1.807, 2.05) is 12.1 Å². The van der Waals surface area contributed by atoms with Gasteiger partial charge in [0.25, 0.3) is 0 Å². The number of aromatic hydroxyl groups is 1. The van der Waals surface area contributed by atoms with Crippen molar-refractivity contribution in [2.24, 2.45) is 5.92 Å². The average Bonchev–Trinajstić information content (AvgIpc) is 2.68. The highest BCUT2D eigenvalue weighted by Gasteiger charge is 2.22. The van der Waals surface area contributed by atoms with Crippen LogP contribution in [0.25, 0.3) is 0 Å². The van der Waals surface area contributed by atoms with Crippen LogP contribution in [0.5, 0.6) is 5.75 Å². The van der Waals surface area contributed by atoms with Crippen LogP contribution in [0.15, 0.2) is 42.5 Å². The van der Waals surface area contributed by atoms with E-state index in [2.05, 4.69) is 25.1 Å². The van der Waals surface area contributed by atoms with Crippen LogP contribution in [-0.2, 0) is 12.8 Å². The molecule has 1 aliphatic carbocycles. The molecule has 1 fully saturated rings. The predicted molar refractivity (Wildman–Crippen MR) is 109 cm³/mol. The first-order chi connectivity index (χ1) is 12.7. The Morgan fingerprint density at radius 3 is 2.38 bits per heavy atom. The first-order valence-electron chi connectivity index (χ1n) is 10.1. The molecule has 3 rings (SSSR count). The van der Waals surface area contributed by atoms with Crippen LogP contribution < -0.4 is 0 Å². The summed E-state index contributed by atoms with van der Waals surface area (Å²) in [4.78, 5) is 0. The van der Waals surface area contributed by atoms with Gasteiger partial charge >= 0.3 is 0 Å². The highest BCUT2D eigenvalue weighted by atomic mass is 16.3. The number of hydrogen-bond acceptors (Lipinski definition) is 2. The predicted octanol–water partition coefficient (Wildman–Crippen LogP) is 6.25. The number of nitrogens with one attached hydrogen (secondary N) is 1. The third-order valence-corrected chi connectivity index (χ3v) is 5.96. The van der Waals surface area contributed by atoms with Crippen LogP contribution >= 0.6 is 0 Å². The molecule has 0 radical (unpaired) electrons. The topological polar surface area (TPSA) is 44.1 Å². The van der Waals surface area contributed by atoms with Crippen LogP contribution in [-0.4, -0.2) is 11.3 Å². The van der Waals surface area contributed by atoms with Crippen molar-refractivity contribution in [3.05, 3.63) is 64.7 Å². The summed E-state index contributed by atoms with van der Waals surface area (Å²) in [6, 6.07) is 14.2. The van der Waals surface area contributed by atoms with Gasteiger partial charge in [0.05, 0.1) is 0 Å². The lowest BCUT2D eigenvalue weighted by molar-refractivity contribution is 0.308. The Labute approximate surface area is 157 Å².